The first kappa shape index (κ1) is 27.0. The number of hydrogen-bond acceptors (Lipinski definition) is 2. The third kappa shape index (κ3) is 4.11. The maximum absolute atomic E-state index is 4.37. The second-order valence-electron chi connectivity index (χ2n) is 12.8. The van der Waals surface area contributed by atoms with Gasteiger partial charge in [-0.15, -0.1) is 11.3 Å². The summed E-state index contributed by atoms with van der Waals surface area (Å²) in [7, 11) is 0. The smallest absolute Gasteiger partial charge is 0.0393 e. The fraction of sp³-hybridized carbons (Fsp3) is 0.0682. The normalized spacial score (nSPS) is 13.2. The fourth-order valence-corrected chi connectivity index (χ4v) is 8.82. The summed E-state index contributed by atoms with van der Waals surface area (Å²) < 4.78 is 0. The molecular weight excluding hydrogens is 575 g/mol. The van der Waals surface area contributed by atoms with Crippen LogP contribution in [0.5, 0.6) is 0 Å². The van der Waals surface area contributed by atoms with Crippen molar-refractivity contribution in [3.63, 3.8) is 0 Å². The second kappa shape index (κ2) is 10.4. The Labute approximate surface area is 273 Å². The Balaban J connectivity index is 1.22. The number of aromatic nitrogens is 1. The van der Waals surface area contributed by atoms with E-state index in [2.05, 4.69) is 152 Å². The Bertz CT molecular complexity index is 2360. The predicted molar refractivity (Wildman–Crippen MR) is 196 cm³/mol. The topological polar surface area (TPSA) is 12.9 Å². The summed E-state index contributed by atoms with van der Waals surface area (Å²) in [6, 6.07) is 51.3. The summed E-state index contributed by atoms with van der Waals surface area (Å²) >= 11 is 1.89. The van der Waals surface area contributed by atoms with Gasteiger partial charge in [0, 0.05) is 33.1 Å². The van der Waals surface area contributed by atoms with Gasteiger partial charge in [-0.1, -0.05) is 135 Å². The molecule has 0 N–H and O–H groups in total. The van der Waals surface area contributed by atoms with Gasteiger partial charge in [0.2, 0.25) is 0 Å². The summed E-state index contributed by atoms with van der Waals surface area (Å²) in [5.41, 5.74) is 12.8. The molecule has 2 heterocycles. The van der Waals surface area contributed by atoms with Crippen molar-refractivity contribution in [3.8, 4) is 54.3 Å². The zero-order valence-corrected chi connectivity index (χ0v) is 26.6. The van der Waals surface area contributed by atoms with E-state index >= 15 is 0 Å². The van der Waals surface area contributed by atoms with Gasteiger partial charge in [0.05, 0.1) is 0 Å². The lowest BCUT2D eigenvalue weighted by Crippen LogP contribution is -2.14. The molecule has 0 amide bonds. The van der Waals surface area contributed by atoms with Crippen LogP contribution in [0.2, 0.25) is 0 Å². The van der Waals surface area contributed by atoms with Crippen LogP contribution in [0.4, 0.5) is 0 Å². The van der Waals surface area contributed by atoms with Crippen molar-refractivity contribution in [2.24, 2.45) is 0 Å². The molecule has 8 aromatic rings. The summed E-state index contributed by atoms with van der Waals surface area (Å²) in [5.74, 6) is 0. The Morgan fingerprint density at radius 2 is 1.02 bits per heavy atom. The van der Waals surface area contributed by atoms with Crippen LogP contribution in [0.1, 0.15) is 25.0 Å². The first-order chi connectivity index (χ1) is 22.6. The second-order valence-corrected chi connectivity index (χ2v) is 13.8. The molecule has 0 spiro atoms. The standard InChI is InChI=1S/C44H31NS/c1-44(2)38-25-31(22-23-37(38)43-39(44)26-40(46-43)32-13-10-24-45-27-32)42-35-16-8-6-14-33(35)41(34-15-7-9-17-36(34)42)30-20-18-29(19-21-30)28-11-4-3-5-12-28/h3-27H,1-2H3. The summed E-state index contributed by atoms with van der Waals surface area (Å²) in [6.45, 7) is 4.75. The average molecular weight is 606 g/mol. The van der Waals surface area contributed by atoms with E-state index in [4.69, 9.17) is 0 Å². The van der Waals surface area contributed by atoms with Crippen LogP contribution in [0.25, 0.3) is 75.8 Å². The number of thiophene rings is 1. The van der Waals surface area contributed by atoms with Crippen molar-refractivity contribution in [2.75, 3.05) is 0 Å². The molecule has 0 saturated heterocycles. The van der Waals surface area contributed by atoms with Crippen LogP contribution in [0, 0.1) is 0 Å². The van der Waals surface area contributed by atoms with E-state index < -0.39 is 0 Å². The first-order valence-electron chi connectivity index (χ1n) is 15.9. The van der Waals surface area contributed by atoms with Gasteiger partial charge in [0.1, 0.15) is 0 Å². The zero-order chi connectivity index (χ0) is 30.8. The van der Waals surface area contributed by atoms with Crippen molar-refractivity contribution < 1.29 is 0 Å². The van der Waals surface area contributed by atoms with Gasteiger partial charge >= 0.3 is 0 Å². The molecule has 1 aliphatic rings. The molecule has 0 atom stereocenters. The lowest BCUT2D eigenvalue weighted by Gasteiger charge is -2.23. The maximum Gasteiger partial charge on any atom is 0.0393 e. The SMILES string of the molecule is CC1(C)c2cc(-c3c4ccccc4c(-c4ccc(-c5ccccc5)cc4)c4ccccc34)ccc2-c2sc(-c3cccnc3)cc21. The molecule has 0 unspecified atom stereocenters. The van der Waals surface area contributed by atoms with Gasteiger partial charge in [0.15, 0.2) is 0 Å². The van der Waals surface area contributed by atoms with Gasteiger partial charge in [-0.3, -0.25) is 4.98 Å². The molecule has 218 valence electrons. The highest BCUT2D eigenvalue weighted by Crippen LogP contribution is 2.55. The van der Waals surface area contributed by atoms with Gasteiger partial charge in [-0.25, -0.2) is 0 Å². The van der Waals surface area contributed by atoms with Crippen molar-refractivity contribution in [1.82, 2.24) is 4.98 Å². The Morgan fingerprint density at radius 3 is 1.65 bits per heavy atom. The zero-order valence-electron chi connectivity index (χ0n) is 25.8. The Hall–Kier alpha value is -5.31. The van der Waals surface area contributed by atoms with E-state index in [9.17, 15) is 0 Å². The van der Waals surface area contributed by atoms with Crippen LogP contribution in [0.3, 0.4) is 0 Å². The molecule has 1 aliphatic carbocycles. The molecule has 0 radical (unpaired) electrons. The van der Waals surface area contributed by atoms with Gasteiger partial charge in [-0.05, 0) is 89.8 Å². The van der Waals surface area contributed by atoms with Crippen LogP contribution in [-0.4, -0.2) is 4.98 Å². The van der Waals surface area contributed by atoms with Crippen molar-refractivity contribution >= 4 is 32.9 Å². The average Bonchev–Trinajstić information content (AvgIpc) is 3.65. The minimum Gasteiger partial charge on any atom is -0.264 e. The Kier molecular flexibility index (Phi) is 6.10. The van der Waals surface area contributed by atoms with E-state index in [-0.39, 0.29) is 5.41 Å². The molecule has 2 aromatic heterocycles. The minimum absolute atomic E-state index is 0.0936. The molecule has 0 bridgehead atoms. The van der Waals surface area contributed by atoms with Crippen molar-refractivity contribution in [3.05, 3.63) is 163 Å². The molecule has 2 heteroatoms. The molecule has 0 fully saturated rings. The van der Waals surface area contributed by atoms with E-state index in [1.807, 2.05) is 29.8 Å². The number of pyridine rings is 1. The lowest BCUT2D eigenvalue weighted by molar-refractivity contribution is 0.662. The highest BCUT2D eigenvalue weighted by atomic mass is 32.1. The molecule has 9 rings (SSSR count). The van der Waals surface area contributed by atoms with Gasteiger partial charge in [-0.2, -0.15) is 0 Å². The van der Waals surface area contributed by atoms with Gasteiger partial charge in [0.25, 0.3) is 0 Å². The predicted octanol–water partition coefficient (Wildman–Crippen LogP) is 12.4. The highest BCUT2D eigenvalue weighted by Gasteiger charge is 2.38. The van der Waals surface area contributed by atoms with E-state index in [1.54, 1.807) is 0 Å². The highest BCUT2D eigenvalue weighted by molar-refractivity contribution is 7.19. The molecule has 1 nitrogen and oxygen atoms in total. The third-order valence-electron chi connectivity index (χ3n) is 9.79. The van der Waals surface area contributed by atoms with E-state index in [1.165, 1.54) is 86.9 Å². The van der Waals surface area contributed by atoms with Crippen molar-refractivity contribution in [2.45, 2.75) is 19.3 Å². The number of nitrogens with zero attached hydrogens (tertiary/aromatic N) is 1. The number of rotatable bonds is 4. The largest absolute Gasteiger partial charge is 0.264 e. The van der Waals surface area contributed by atoms with Crippen LogP contribution in [0.15, 0.2) is 152 Å². The number of hydrogen-bond donors (Lipinski definition) is 0. The molecule has 0 saturated carbocycles. The first-order valence-corrected chi connectivity index (χ1v) is 16.7. The molecule has 0 aliphatic heterocycles. The fourth-order valence-electron chi connectivity index (χ4n) is 7.48. The van der Waals surface area contributed by atoms with Gasteiger partial charge < -0.3 is 0 Å². The van der Waals surface area contributed by atoms with Crippen molar-refractivity contribution in [1.29, 1.82) is 0 Å². The third-order valence-corrected chi connectivity index (χ3v) is 11.0. The lowest BCUT2D eigenvalue weighted by atomic mass is 9.80. The maximum atomic E-state index is 4.37. The Morgan fingerprint density at radius 1 is 0.478 bits per heavy atom. The van der Waals surface area contributed by atoms with E-state index in [0.717, 1.165) is 0 Å². The number of fused-ring (bicyclic) bond motifs is 5. The van der Waals surface area contributed by atoms with E-state index in [0.29, 0.717) is 0 Å². The van der Waals surface area contributed by atoms with Crippen LogP contribution >= 0.6 is 11.3 Å². The van der Waals surface area contributed by atoms with Crippen LogP contribution < -0.4 is 0 Å². The monoisotopic (exact) mass is 605 g/mol. The molecule has 6 aromatic carbocycles. The molecular formula is C44H31NS. The molecule has 46 heavy (non-hydrogen) atoms. The minimum atomic E-state index is -0.0936. The summed E-state index contributed by atoms with van der Waals surface area (Å²) in [5, 5.41) is 5.13. The summed E-state index contributed by atoms with van der Waals surface area (Å²) in [6.07, 6.45) is 3.81. The number of benzene rings is 6. The quantitative estimate of drug-likeness (QED) is 0.182. The van der Waals surface area contributed by atoms with Crippen LogP contribution in [-0.2, 0) is 5.41 Å². The summed E-state index contributed by atoms with van der Waals surface area (Å²) in [4.78, 5) is 7.03.